The number of urea groups is 1. The van der Waals surface area contributed by atoms with E-state index < -0.39 is 12.0 Å². The van der Waals surface area contributed by atoms with Crippen LogP contribution < -0.4 is 10.6 Å². The first-order chi connectivity index (χ1) is 9.31. The number of likely N-dealkylation sites (N-methyl/N-ethyl adjacent to an activating group) is 1. The maximum atomic E-state index is 11.8. The van der Waals surface area contributed by atoms with E-state index in [4.69, 9.17) is 16.7 Å². The second kappa shape index (κ2) is 7.12. The molecule has 2 amide bonds. The van der Waals surface area contributed by atoms with Gasteiger partial charge in [-0.3, -0.25) is 0 Å². The zero-order valence-electron chi connectivity index (χ0n) is 11.6. The SMILES string of the molecule is CC(CN(C)C)NC(=O)Nc1cccc(Cl)c1C(=O)O. The lowest BCUT2D eigenvalue weighted by atomic mass is 10.2. The zero-order chi connectivity index (χ0) is 15.3. The van der Waals surface area contributed by atoms with Gasteiger partial charge in [0, 0.05) is 12.6 Å². The fraction of sp³-hybridized carbons (Fsp3) is 0.385. The van der Waals surface area contributed by atoms with Crippen LogP contribution in [0.25, 0.3) is 0 Å². The van der Waals surface area contributed by atoms with Crippen molar-refractivity contribution < 1.29 is 14.7 Å². The minimum absolute atomic E-state index is 0.0718. The molecular weight excluding hydrogens is 282 g/mol. The maximum absolute atomic E-state index is 11.8. The number of carbonyl (C=O) groups is 2. The molecule has 0 saturated carbocycles. The molecule has 6 nitrogen and oxygen atoms in total. The third-order valence-corrected chi connectivity index (χ3v) is 2.81. The summed E-state index contributed by atoms with van der Waals surface area (Å²) in [6.07, 6.45) is 0. The van der Waals surface area contributed by atoms with Crippen LogP contribution in [0.5, 0.6) is 0 Å². The largest absolute Gasteiger partial charge is 0.478 e. The van der Waals surface area contributed by atoms with Crippen molar-refractivity contribution >= 4 is 29.3 Å². The number of benzene rings is 1. The average molecular weight is 300 g/mol. The van der Waals surface area contributed by atoms with Crippen LogP contribution in [0.2, 0.25) is 5.02 Å². The number of carboxylic acids is 1. The molecule has 1 aromatic carbocycles. The lowest BCUT2D eigenvalue weighted by Gasteiger charge is -2.19. The number of carboxylic acid groups (broad SMARTS) is 1. The third-order valence-electron chi connectivity index (χ3n) is 2.49. The molecule has 1 aromatic rings. The van der Waals surface area contributed by atoms with Gasteiger partial charge in [0.25, 0.3) is 0 Å². The average Bonchev–Trinajstić information content (AvgIpc) is 2.26. The van der Waals surface area contributed by atoms with Crippen LogP contribution in [0.3, 0.4) is 0 Å². The summed E-state index contributed by atoms with van der Waals surface area (Å²) < 4.78 is 0. The first-order valence-electron chi connectivity index (χ1n) is 6.05. The number of hydrogen-bond donors (Lipinski definition) is 3. The second-order valence-corrected chi connectivity index (χ2v) is 5.14. The van der Waals surface area contributed by atoms with Gasteiger partial charge in [0.1, 0.15) is 5.56 Å². The van der Waals surface area contributed by atoms with Crippen LogP contribution in [-0.4, -0.2) is 48.7 Å². The molecule has 110 valence electrons. The quantitative estimate of drug-likeness (QED) is 0.778. The number of hydrogen-bond acceptors (Lipinski definition) is 3. The van der Waals surface area contributed by atoms with Crippen molar-refractivity contribution in [2.45, 2.75) is 13.0 Å². The van der Waals surface area contributed by atoms with E-state index in [0.717, 1.165) is 0 Å². The molecule has 0 heterocycles. The lowest BCUT2D eigenvalue weighted by molar-refractivity contribution is 0.0698. The summed E-state index contributed by atoms with van der Waals surface area (Å²) in [6.45, 7) is 2.53. The Morgan fingerprint density at radius 3 is 2.60 bits per heavy atom. The normalized spacial score (nSPS) is 12.1. The molecule has 1 atom stereocenters. The van der Waals surface area contributed by atoms with E-state index in [2.05, 4.69) is 10.6 Å². The summed E-state index contributed by atoms with van der Waals surface area (Å²) in [5.41, 5.74) is 0.0455. The van der Waals surface area contributed by atoms with Gasteiger partial charge in [-0.1, -0.05) is 17.7 Å². The van der Waals surface area contributed by atoms with Gasteiger partial charge in [-0.25, -0.2) is 9.59 Å². The highest BCUT2D eigenvalue weighted by Crippen LogP contribution is 2.24. The Morgan fingerprint density at radius 1 is 1.40 bits per heavy atom. The molecule has 0 aromatic heterocycles. The van der Waals surface area contributed by atoms with Gasteiger partial charge in [-0.2, -0.15) is 0 Å². The van der Waals surface area contributed by atoms with Gasteiger partial charge < -0.3 is 20.6 Å². The van der Waals surface area contributed by atoms with Gasteiger partial charge in [0.2, 0.25) is 0 Å². The maximum Gasteiger partial charge on any atom is 0.339 e. The lowest BCUT2D eigenvalue weighted by Crippen LogP contribution is -2.41. The van der Waals surface area contributed by atoms with E-state index >= 15 is 0 Å². The molecule has 0 fully saturated rings. The number of amides is 2. The van der Waals surface area contributed by atoms with Crippen molar-refractivity contribution in [2.75, 3.05) is 26.0 Å². The predicted molar refractivity (Wildman–Crippen MR) is 78.6 cm³/mol. The minimum atomic E-state index is -1.19. The van der Waals surface area contributed by atoms with Crippen molar-refractivity contribution in [1.82, 2.24) is 10.2 Å². The number of nitrogens with one attached hydrogen (secondary N) is 2. The van der Waals surface area contributed by atoms with Gasteiger partial charge in [-0.15, -0.1) is 0 Å². The van der Waals surface area contributed by atoms with E-state index in [1.807, 2.05) is 25.9 Å². The van der Waals surface area contributed by atoms with Gasteiger partial charge in [0.15, 0.2) is 0 Å². The fourth-order valence-corrected chi connectivity index (χ4v) is 2.08. The molecule has 1 unspecified atom stereocenters. The van der Waals surface area contributed by atoms with Crippen molar-refractivity contribution in [2.24, 2.45) is 0 Å². The minimum Gasteiger partial charge on any atom is -0.478 e. The number of halogens is 1. The molecule has 0 saturated heterocycles. The molecule has 0 radical (unpaired) electrons. The summed E-state index contributed by atoms with van der Waals surface area (Å²) in [5, 5.41) is 14.4. The Kier molecular flexibility index (Phi) is 5.79. The van der Waals surface area contributed by atoms with Crippen LogP contribution in [0.15, 0.2) is 18.2 Å². The monoisotopic (exact) mass is 299 g/mol. The van der Waals surface area contributed by atoms with Gasteiger partial charge in [-0.05, 0) is 33.2 Å². The highest BCUT2D eigenvalue weighted by molar-refractivity contribution is 6.34. The molecule has 7 heteroatoms. The Bertz CT molecular complexity index is 506. The Labute approximate surface area is 122 Å². The number of rotatable bonds is 5. The molecular formula is C13H18ClN3O3. The first kappa shape index (κ1) is 16.3. The van der Waals surface area contributed by atoms with E-state index in [9.17, 15) is 9.59 Å². The zero-order valence-corrected chi connectivity index (χ0v) is 12.4. The van der Waals surface area contributed by atoms with E-state index in [1.54, 1.807) is 6.07 Å². The molecule has 1 rings (SSSR count). The molecule has 0 spiro atoms. The fourth-order valence-electron chi connectivity index (χ4n) is 1.82. The highest BCUT2D eigenvalue weighted by atomic mass is 35.5. The first-order valence-corrected chi connectivity index (χ1v) is 6.43. The van der Waals surface area contributed by atoms with Crippen molar-refractivity contribution in [3.05, 3.63) is 28.8 Å². The summed E-state index contributed by atoms with van der Waals surface area (Å²) in [4.78, 5) is 24.9. The number of carbonyl (C=O) groups excluding carboxylic acids is 1. The Hall–Kier alpha value is -1.79. The molecule has 20 heavy (non-hydrogen) atoms. The number of aromatic carboxylic acids is 1. The molecule has 3 N–H and O–H groups in total. The second-order valence-electron chi connectivity index (χ2n) is 4.73. The van der Waals surface area contributed by atoms with Gasteiger partial charge >= 0.3 is 12.0 Å². The van der Waals surface area contributed by atoms with Crippen molar-refractivity contribution in [1.29, 1.82) is 0 Å². The standard InChI is InChI=1S/C13H18ClN3O3/c1-8(7-17(2)3)15-13(20)16-10-6-4-5-9(14)11(10)12(18)19/h4-6,8H,7H2,1-3H3,(H,18,19)(H2,15,16,20). The number of anilines is 1. The summed E-state index contributed by atoms with van der Waals surface area (Å²) in [5.74, 6) is -1.19. The summed E-state index contributed by atoms with van der Waals surface area (Å²) in [7, 11) is 3.80. The van der Waals surface area contributed by atoms with Gasteiger partial charge in [0.05, 0.1) is 10.7 Å². The van der Waals surface area contributed by atoms with E-state index in [-0.39, 0.29) is 22.3 Å². The Morgan fingerprint density at radius 2 is 2.05 bits per heavy atom. The molecule has 0 aliphatic carbocycles. The van der Waals surface area contributed by atoms with Crippen LogP contribution in [-0.2, 0) is 0 Å². The smallest absolute Gasteiger partial charge is 0.339 e. The topological polar surface area (TPSA) is 81.7 Å². The van der Waals surface area contributed by atoms with Crippen molar-refractivity contribution in [3.8, 4) is 0 Å². The van der Waals surface area contributed by atoms with E-state index in [1.165, 1.54) is 12.1 Å². The number of nitrogens with zero attached hydrogens (tertiary/aromatic N) is 1. The highest BCUT2D eigenvalue weighted by Gasteiger charge is 2.16. The predicted octanol–water partition coefficient (Wildman–Crippen LogP) is 2.11. The third kappa shape index (κ3) is 4.71. The summed E-state index contributed by atoms with van der Waals surface area (Å²) >= 11 is 5.82. The Balaban J connectivity index is 2.76. The van der Waals surface area contributed by atoms with Crippen molar-refractivity contribution in [3.63, 3.8) is 0 Å². The van der Waals surface area contributed by atoms with Crippen LogP contribution in [0.1, 0.15) is 17.3 Å². The summed E-state index contributed by atoms with van der Waals surface area (Å²) in [6, 6.07) is 3.99. The van der Waals surface area contributed by atoms with E-state index in [0.29, 0.717) is 6.54 Å². The van der Waals surface area contributed by atoms with Crippen LogP contribution in [0, 0.1) is 0 Å². The van der Waals surface area contributed by atoms with Crippen LogP contribution >= 0.6 is 11.6 Å². The van der Waals surface area contributed by atoms with Crippen LogP contribution in [0.4, 0.5) is 10.5 Å². The molecule has 0 bridgehead atoms. The molecule has 0 aliphatic rings. The molecule has 0 aliphatic heterocycles.